The molecule has 0 aromatic heterocycles. The van der Waals surface area contributed by atoms with Crippen LogP contribution >= 0.6 is 11.6 Å². The summed E-state index contributed by atoms with van der Waals surface area (Å²) in [5.74, 6) is 0.0427. The van der Waals surface area contributed by atoms with E-state index >= 15 is 0 Å². The van der Waals surface area contributed by atoms with Gasteiger partial charge in [0.1, 0.15) is 0 Å². The molecular formula is C7H7ClLiNO. The minimum atomic E-state index is 0. The van der Waals surface area contributed by atoms with Crippen molar-refractivity contribution in [1.82, 2.24) is 0 Å². The van der Waals surface area contributed by atoms with Gasteiger partial charge in [-0.15, -0.1) is 5.76 Å². The molecule has 0 radical (unpaired) electrons. The fraction of sp³-hybridized carbons (Fsp3) is 0.571. The Bertz CT molecular complexity index is 209. The van der Waals surface area contributed by atoms with E-state index in [4.69, 9.17) is 16.9 Å². The number of hydrogen-bond donors (Lipinski definition) is 0. The summed E-state index contributed by atoms with van der Waals surface area (Å²) in [7, 11) is 0. The maximum atomic E-state index is 10.8. The third-order valence-corrected chi connectivity index (χ3v) is 2.20. The normalized spacial score (nSPS) is 22.7. The van der Waals surface area contributed by atoms with Gasteiger partial charge in [0, 0.05) is 17.4 Å². The minimum Gasteiger partial charge on any atom is -0.875 e. The molecule has 1 aliphatic rings. The molecule has 54 valence electrons. The Labute approximate surface area is 83.0 Å². The van der Waals surface area contributed by atoms with Gasteiger partial charge >= 0.3 is 18.9 Å². The van der Waals surface area contributed by atoms with Crippen LogP contribution in [0.4, 0.5) is 0 Å². The van der Waals surface area contributed by atoms with E-state index in [9.17, 15) is 5.11 Å². The van der Waals surface area contributed by atoms with E-state index in [-0.39, 0.29) is 30.5 Å². The van der Waals surface area contributed by atoms with Crippen LogP contribution in [0.5, 0.6) is 0 Å². The van der Waals surface area contributed by atoms with E-state index < -0.39 is 0 Å². The van der Waals surface area contributed by atoms with Gasteiger partial charge in [-0.1, -0.05) is 11.6 Å². The first-order chi connectivity index (χ1) is 4.75. The van der Waals surface area contributed by atoms with E-state index in [2.05, 4.69) is 0 Å². The number of nitriles is 1. The van der Waals surface area contributed by atoms with Crippen molar-refractivity contribution in [3.8, 4) is 6.07 Å². The molecule has 1 atom stereocenters. The molecule has 0 bridgehead atoms. The Morgan fingerprint density at radius 3 is 2.73 bits per heavy atom. The van der Waals surface area contributed by atoms with Gasteiger partial charge in [-0.05, 0) is 12.8 Å². The Kier molecular flexibility index (Phi) is 4.69. The second-order valence-corrected chi connectivity index (χ2v) is 2.78. The van der Waals surface area contributed by atoms with Gasteiger partial charge in [0.15, 0.2) is 0 Å². The predicted octanol–water partition coefficient (Wildman–Crippen LogP) is -1.88. The van der Waals surface area contributed by atoms with E-state index in [0.717, 1.165) is 6.42 Å². The summed E-state index contributed by atoms with van der Waals surface area (Å²) in [5, 5.41) is 19.5. The SMILES string of the molecule is N#CCC1CCC([O-])=C1Cl.[Li+]. The van der Waals surface area contributed by atoms with Crippen molar-refractivity contribution in [2.45, 2.75) is 19.3 Å². The molecule has 1 unspecified atom stereocenters. The molecule has 1 rings (SSSR count). The summed E-state index contributed by atoms with van der Waals surface area (Å²) in [4.78, 5) is 0. The van der Waals surface area contributed by atoms with Crippen molar-refractivity contribution in [1.29, 1.82) is 5.26 Å². The van der Waals surface area contributed by atoms with Crippen LogP contribution in [0.25, 0.3) is 0 Å². The van der Waals surface area contributed by atoms with E-state index in [1.165, 1.54) is 0 Å². The topological polar surface area (TPSA) is 46.8 Å². The Balaban J connectivity index is 0.000001000. The molecule has 1 aliphatic carbocycles. The smallest absolute Gasteiger partial charge is 0.875 e. The zero-order chi connectivity index (χ0) is 7.56. The zero-order valence-electron chi connectivity index (χ0n) is 6.43. The van der Waals surface area contributed by atoms with Gasteiger partial charge in [-0.2, -0.15) is 5.26 Å². The summed E-state index contributed by atoms with van der Waals surface area (Å²) in [6, 6.07) is 2.00. The summed E-state index contributed by atoms with van der Waals surface area (Å²) in [6.07, 6.45) is 1.65. The summed E-state index contributed by atoms with van der Waals surface area (Å²) in [6.45, 7) is 0. The summed E-state index contributed by atoms with van der Waals surface area (Å²) >= 11 is 5.62. The maximum Gasteiger partial charge on any atom is 1.00 e. The van der Waals surface area contributed by atoms with Crippen LogP contribution in [0.2, 0.25) is 0 Å². The molecule has 0 saturated carbocycles. The van der Waals surface area contributed by atoms with Crippen molar-refractivity contribution in [2.75, 3.05) is 0 Å². The average Bonchev–Trinajstić information content (AvgIpc) is 2.20. The molecule has 0 aromatic carbocycles. The number of nitrogens with zero attached hydrogens (tertiary/aromatic N) is 1. The Hall–Kier alpha value is -0.0826. The Morgan fingerprint density at radius 1 is 1.73 bits per heavy atom. The van der Waals surface area contributed by atoms with Crippen molar-refractivity contribution in [3.05, 3.63) is 10.8 Å². The van der Waals surface area contributed by atoms with E-state index in [0.29, 0.717) is 17.9 Å². The molecule has 0 saturated heterocycles. The standard InChI is InChI=1S/C7H8ClNO.Li/c8-7-5(3-4-9)1-2-6(7)10;/h5,10H,1-3H2;/q;+1/p-1. The van der Waals surface area contributed by atoms with Crippen LogP contribution in [0.15, 0.2) is 10.8 Å². The molecule has 0 fully saturated rings. The van der Waals surface area contributed by atoms with Crippen LogP contribution < -0.4 is 24.0 Å². The number of halogens is 1. The van der Waals surface area contributed by atoms with Gasteiger partial charge in [-0.25, -0.2) is 0 Å². The third kappa shape index (κ3) is 2.45. The second-order valence-electron chi connectivity index (χ2n) is 2.37. The van der Waals surface area contributed by atoms with Crippen molar-refractivity contribution >= 4 is 11.6 Å². The summed E-state index contributed by atoms with van der Waals surface area (Å²) in [5.41, 5.74) is 0. The van der Waals surface area contributed by atoms with E-state index in [1.807, 2.05) is 6.07 Å². The van der Waals surface area contributed by atoms with Crippen LogP contribution in [0, 0.1) is 17.2 Å². The Morgan fingerprint density at radius 2 is 2.36 bits per heavy atom. The number of hydrogen-bond acceptors (Lipinski definition) is 2. The quantitative estimate of drug-likeness (QED) is 0.425. The molecule has 0 amide bonds. The molecule has 4 heteroatoms. The fourth-order valence-corrected chi connectivity index (χ4v) is 1.36. The van der Waals surface area contributed by atoms with Gasteiger partial charge in [-0.3, -0.25) is 0 Å². The third-order valence-electron chi connectivity index (χ3n) is 1.68. The largest absolute Gasteiger partial charge is 1.00 e. The van der Waals surface area contributed by atoms with Crippen molar-refractivity contribution < 1.29 is 24.0 Å². The van der Waals surface area contributed by atoms with Crippen LogP contribution in [0.1, 0.15) is 19.3 Å². The van der Waals surface area contributed by atoms with Crippen molar-refractivity contribution in [2.24, 2.45) is 5.92 Å². The molecule has 0 aromatic rings. The minimum absolute atomic E-state index is 0. The first kappa shape index (κ1) is 10.9. The number of allylic oxidation sites excluding steroid dienone is 2. The molecule has 0 heterocycles. The van der Waals surface area contributed by atoms with Gasteiger partial charge in [0.2, 0.25) is 0 Å². The van der Waals surface area contributed by atoms with Crippen molar-refractivity contribution in [3.63, 3.8) is 0 Å². The predicted molar refractivity (Wildman–Crippen MR) is 35.8 cm³/mol. The first-order valence-electron chi connectivity index (χ1n) is 3.18. The molecule has 0 spiro atoms. The fourth-order valence-electron chi connectivity index (χ4n) is 1.08. The zero-order valence-corrected chi connectivity index (χ0v) is 7.19. The molecule has 0 N–H and O–H groups in total. The van der Waals surface area contributed by atoms with E-state index in [1.54, 1.807) is 0 Å². The molecule has 2 nitrogen and oxygen atoms in total. The maximum absolute atomic E-state index is 10.8. The van der Waals surface area contributed by atoms with Gasteiger partial charge in [0.05, 0.1) is 6.07 Å². The molecule has 11 heavy (non-hydrogen) atoms. The average molecular weight is 164 g/mol. The monoisotopic (exact) mass is 163 g/mol. The van der Waals surface area contributed by atoms with Gasteiger partial charge < -0.3 is 5.11 Å². The molecule has 0 aliphatic heterocycles. The summed E-state index contributed by atoms with van der Waals surface area (Å²) < 4.78 is 0. The van der Waals surface area contributed by atoms with Crippen LogP contribution in [-0.4, -0.2) is 0 Å². The second kappa shape index (κ2) is 4.73. The van der Waals surface area contributed by atoms with Gasteiger partial charge in [0.25, 0.3) is 0 Å². The van der Waals surface area contributed by atoms with Crippen LogP contribution in [0.3, 0.4) is 0 Å². The molecular weight excluding hydrogens is 156 g/mol. The first-order valence-corrected chi connectivity index (χ1v) is 3.56. The number of rotatable bonds is 1. The van der Waals surface area contributed by atoms with Crippen LogP contribution in [-0.2, 0) is 0 Å².